The van der Waals surface area contributed by atoms with E-state index < -0.39 is 15.8 Å². The Hall–Kier alpha value is -1.22. The van der Waals surface area contributed by atoms with Crippen LogP contribution in [-0.4, -0.2) is 74.2 Å². The predicted molar refractivity (Wildman–Crippen MR) is 102 cm³/mol. The summed E-state index contributed by atoms with van der Waals surface area (Å²) in [5.74, 6) is 0.000104. The molecule has 2 aliphatic rings. The Morgan fingerprint density at radius 3 is 2.56 bits per heavy atom. The van der Waals surface area contributed by atoms with Gasteiger partial charge in [-0.2, -0.15) is 4.31 Å². The summed E-state index contributed by atoms with van der Waals surface area (Å²) in [6, 6.07) is 3.39. The third kappa shape index (κ3) is 4.80. The maximum atomic E-state index is 13.3. The lowest BCUT2D eigenvalue weighted by molar-refractivity contribution is -0.134. The summed E-state index contributed by atoms with van der Waals surface area (Å²) in [7, 11) is -3.75. The molecule has 0 saturated carbocycles. The monoisotopic (exact) mass is 417 g/mol. The number of hydrogen-bond donors (Lipinski definition) is 0. The van der Waals surface area contributed by atoms with Crippen molar-refractivity contribution in [3.05, 3.63) is 29.0 Å². The van der Waals surface area contributed by atoms with E-state index in [1.165, 1.54) is 16.8 Å². The Morgan fingerprint density at radius 1 is 1.22 bits per heavy atom. The van der Waals surface area contributed by atoms with E-state index in [0.717, 1.165) is 31.6 Å². The molecule has 0 aliphatic carbocycles. The Bertz CT molecular complexity index is 797. The van der Waals surface area contributed by atoms with E-state index in [2.05, 4.69) is 11.8 Å². The van der Waals surface area contributed by atoms with Gasteiger partial charge >= 0.3 is 0 Å². The van der Waals surface area contributed by atoms with Crippen molar-refractivity contribution in [2.75, 3.05) is 45.8 Å². The maximum Gasteiger partial charge on any atom is 0.243 e. The molecule has 0 bridgehead atoms. The number of carbonyl (C=O) groups excluding carboxylic acids is 1. The Kier molecular flexibility index (Phi) is 6.40. The third-order valence-corrected chi connectivity index (χ3v) is 7.40. The first kappa shape index (κ1) is 20.5. The van der Waals surface area contributed by atoms with Crippen LogP contribution in [0.15, 0.2) is 23.1 Å². The second-order valence-corrected chi connectivity index (χ2v) is 9.69. The van der Waals surface area contributed by atoms with E-state index in [1.54, 1.807) is 4.90 Å². The van der Waals surface area contributed by atoms with Crippen LogP contribution < -0.4 is 0 Å². The summed E-state index contributed by atoms with van der Waals surface area (Å²) in [5.41, 5.74) is 0. The lowest BCUT2D eigenvalue weighted by atomic mass is 10.0. The first-order valence-electron chi connectivity index (χ1n) is 9.22. The SMILES string of the molecule is C[C@H]1CCCN(CC(=O)N2CCN(S(=O)(=O)c3ccc(F)c(Cl)c3)CC2)C1. The first-order valence-corrected chi connectivity index (χ1v) is 11.0. The van der Waals surface area contributed by atoms with Crippen molar-refractivity contribution in [3.8, 4) is 0 Å². The van der Waals surface area contributed by atoms with Gasteiger partial charge in [0.15, 0.2) is 0 Å². The van der Waals surface area contributed by atoms with Gasteiger partial charge in [0.25, 0.3) is 0 Å². The Labute approximate surface area is 164 Å². The minimum Gasteiger partial charge on any atom is -0.339 e. The number of sulfonamides is 1. The molecule has 3 rings (SSSR count). The van der Waals surface area contributed by atoms with Crippen molar-refractivity contribution in [1.82, 2.24) is 14.1 Å². The fourth-order valence-corrected chi connectivity index (χ4v) is 5.38. The molecule has 0 N–H and O–H groups in total. The number of benzene rings is 1. The quantitative estimate of drug-likeness (QED) is 0.752. The highest BCUT2D eigenvalue weighted by atomic mass is 35.5. The molecule has 1 atom stereocenters. The van der Waals surface area contributed by atoms with E-state index in [1.807, 2.05) is 0 Å². The van der Waals surface area contributed by atoms with Gasteiger partial charge in [0.2, 0.25) is 15.9 Å². The van der Waals surface area contributed by atoms with Gasteiger partial charge in [0.1, 0.15) is 5.82 Å². The summed E-state index contributed by atoms with van der Waals surface area (Å²) in [4.78, 5) is 16.4. The molecule has 0 aromatic heterocycles. The predicted octanol–water partition coefficient (Wildman–Crippen LogP) is 2.04. The molecule has 2 fully saturated rings. The molecular formula is C18H25ClFN3O3S. The number of piperidine rings is 1. The molecule has 0 spiro atoms. The van der Waals surface area contributed by atoms with Crippen LogP contribution >= 0.6 is 11.6 Å². The fraction of sp³-hybridized carbons (Fsp3) is 0.611. The first-order chi connectivity index (χ1) is 12.8. The second kappa shape index (κ2) is 8.43. The highest BCUT2D eigenvalue weighted by Gasteiger charge is 2.31. The minimum atomic E-state index is -3.75. The molecule has 150 valence electrons. The zero-order chi connectivity index (χ0) is 19.6. The van der Waals surface area contributed by atoms with Crippen molar-refractivity contribution in [3.63, 3.8) is 0 Å². The van der Waals surface area contributed by atoms with Gasteiger partial charge in [-0.05, 0) is 43.5 Å². The number of nitrogens with zero attached hydrogens (tertiary/aromatic N) is 3. The van der Waals surface area contributed by atoms with Gasteiger partial charge < -0.3 is 4.90 Å². The molecule has 1 aromatic rings. The number of rotatable bonds is 4. The second-order valence-electron chi connectivity index (χ2n) is 7.34. The fourth-order valence-electron chi connectivity index (χ4n) is 3.69. The number of halogens is 2. The number of amides is 1. The van der Waals surface area contributed by atoms with E-state index in [-0.39, 0.29) is 28.9 Å². The average molecular weight is 418 g/mol. The van der Waals surface area contributed by atoms with Crippen LogP contribution in [0.3, 0.4) is 0 Å². The summed E-state index contributed by atoms with van der Waals surface area (Å²) in [6.07, 6.45) is 2.31. The molecule has 9 heteroatoms. The van der Waals surface area contributed by atoms with E-state index in [4.69, 9.17) is 11.6 Å². The molecule has 6 nitrogen and oxygen atoms in total. The van der Waals surface area contributed by atoms with E-state index >= 15 is 0 Å². The van der Waals surface area contributed by atoms with Crippen LogP contribution in [-0.2, 0) is 14.8 Å². The van der Waals surface area contributed by atoms with Crippen molar-refractivity contribution in [2.45, 2.75) is 24.7 Å². The lowest BCUT2D eigenvalue weighted by Crippen LogP contribution is -2.53. The molecule has 1 aromatic carbocycles. The largest absolute Gasteiger partial charge is 0.339 e. The highest BCUT2D eigenvalue weighted by Crippen LogP contribution is 2.23. The van der Waals surface area contributed by atoms with Crippen LogP contribution in [0, 0.1) is 11.7 Å². The van der Waals surface area contributed by atoms with Gasteiger partial charge in [0.05, 0.1) is 16.5 Å². The summed E-state index contributed by atoms with van der Waals surface area (Å²) in [5, 5.41) is -0.222. The third-order valence-electron chi connectivity index (χ3n) is 5.22. The molecule has 2 heterocycles. The van der Waals surface area contributed by atoms with Gasteiger partial charge in [-0.1, -0.05) is 18.5 Å². The maximum absolute atomic E-state index is 13.3. The molecule has 0 radical (unpaired) electrons. The highest BCUT2D eigenvalue weighted by molar-refractivity contribution is 7.89. The molecular weight excluding hydrogens is 393 g/mol. The molecule has 2 saturated heterocycles. The van der Waals surface area contributed by atoms with Crippen LogP contribution in [0.1, 0.15) is 19.8 Å². The zero-order valence-corrected chi connectivity index (χ0v) is 17.0. The van der Waals surface area contributed by atoms with Gasteiger partial charge in [-0.3, -0.25) is 9.69 Å². The zero-order valence-electron chi connectivity index (χ0n) is 15.4. The summed E-state index contributed by atoms with van der Waals surface area (Å²) >= 11 is 5.71. The minimum absolute atomic E-state index is 0.0315. The Balaban J connectivity index is 1.57. The van der Waals surface area contributed by atoms with Crippen molar-refractivity contribution < 1.29 is 17.6 Å². The molecule has 0 unspecified atom stereocenters. The van der Waals surface area contributed by atoms with Crippen molar-refractivity contribution in [2.24, 2.45) is 5.92 Å². The van der Waals surface area contributed by atoms with Crippen molar-refractivity contribution in [1.29, 1.82) is 0 Å². The average Bonchev–Trinajstić information content (AvgIpc) is 2.64. The normalized spacial score (nSPS) is 22.8. The number of carbonyl (C=O) groups is 1. The molecule has 27 heavy (non-hydrogen) atoms. The Morgan fingerprint density at radius 2 is 1.93 bits per heavy atom. The topological polar surface area (TPSA) is 60.9 Å². The molecule has 2 aliphatic heterocycles. The van der Waals surface area contributed by atoms with Crippen LogP contribution in [0.5, 0.6) is 0 Å². The van der Waals surface area contributed by atoms with Crippen LogP contribution in [0.2, 0.25) is 5.02 Å². The van der Waals surface area contributed by atoms with Gasteiger partial charge in [-0.15, -0.1) is 0 Å². The number of likely N-dealkylation sites (tertiary alicyclic amines) is 1. The van der Waals surface area contributed by atoms with Crippen LogP contribution in [0.25, 0.3) is 0 Å². The van der Waals surface area contributed by atoms with Crippen molar-refractivity contribution >= 4 is 27.5 Å². The molecule has 1 amide bonds. The van der Waals surface area contributed by atoms with E-state index in [9.17, 15) is 17.6 Å². The van der Waals surface area contributed by atoms with Gasteiger partial charge in [-0.25, -0.2) is 12.8 Å². The summed E-state index contributed by atoms with van der Waals surface area (Å²) < 4.78 is 40.0. The summed E-state index contributed by atoms with van der Waals surface area (Å²) in [6.45, 7) is 5.62. The van der Waals surface area contributed by atoms with Crippen LogP contribution in [0.4, 0.5) is 4.39 Å². The standard InChI is InChI=1S/C18H25ClFN3O3S/c1-14-3-2-6-21(12-14)13-18(24)22-7-9-23(10-8-22)27(25,26)15-4-5-17(20)16(19)11-15/h4-5,11,14H,2-3,6-10,12-13H2,1H3/t14-/m0/s1. The number of piperazine rings is 1. The number of hydrogen-bond acceptors (Lipinski definition) is 4. The smallest absolute Gasteiger partial charge is 0.243 e. The van der Waals surface area contributed by atoms with E-state index in [0.29, 0.717) is 25.6 Å². The van der Waals surface area contributed by atoms with Gasteiger partial charge in [0, 0.05) is 32.7 Å². The lowest BCUT2D eigenvalue weighted by Gasteiger charge is -2.36.